The van der Waals surface area contributed by atoms with Crippen LogP contribution in [0.3, 0.4) is 0 Å². The smallest absolute Gasteiger partial charge is 0.134 e. The van der Waals surface area contributed by atoms with Gasteiger partial charge in [-0.25, -0.2) is 15.0 Å². The van der Waals surface area contributed by atoms with E-state index in [4.69, 9.17) is 19.9 Å². The van der Waals surface area contributed by atoms with E-state index in [0.29, 0.717) is 54.8 Å². The van der Waals surface area contributed by atoms with Crippen molar-refractivity contribution in [1.82, 2.24) is 19.9 Å². The van der Waals surface area contributed by atoms with Crippen LogP contribution >= 0.6 is 0 Å². The summed E-state index contributed by atoms with van der Waals surface area (Å²) in [5, 5.41) is 28.6. The molecule has 4 aromatic carbocycles. The minimum Gasteiger partial charge on any atom is -0.657 e. The number of pyridine rings is 2. The Hall–Kier alpha value is -5.23. The molecule has 274 valence electrons. The third-order valence-electron chi connectivity index (χ3n) is 10.4. The first-order valence-electron chi connectivity index (χ1n) is 18.0. The van der Waals surface area contributed by atoms with Crippen LogP contribution in [0.5, 0.6) is 11.5 Å². The molecule has 6 nitrogen and oxygen atoms in total. The number of phenolic OH excluding ortho intramolecular Hbond substituents is 2. The molecule has 5 heterocycles. The summed E-state index contributed by atoms with van der Waals surface area (Å²) in [6, 6.07) is 34.3. The first kappa shape index (κ1) is 38.1. The number of hydrogen-bond acceptors (Lipinski definition) is 5. The normalized spacial score (nSPS) is 12.3. The Balaban J connectivity index is 0.00000233. The molecule has 0 aliphatic carbocycles. The number of fused-ring (bicyclic) bond motifs is 14. The van der Waals surface area contributed by atoms with Crippen LogP contribution in [0.2, 0.25) is 0 Å². The molecule has 0 saturated heterocycles. The Bertz CT molecular complexity index is 2990. The molecular formula is C47H39Mn2N4O2-. The first-order valence-corrected chi connectivity index (χ1v) is 18.0. The van der Waals surface area contributed by atoms with Gasteiger partial charge in [-0.3, -0.25) is 0 Å². The van der Waals surface area contributed by atoms with Gasteiger partial charge >= 0.3 is 0 Å². The van der Waals surface area contributed by atoms with Crippen LogP contribution < -0.4 is 4.98 Å². The van der Waals surface area contributed by atoms with E-state index in [0.717, 1.165) is 44.2 Å². The molecule has 1 aliphatic heterocycles. The van der Waals surface area contributed by atoms with Crippen LogP contribution in [0.1, 0.15) is 64.1 Å². The minimum absolute atomic E-state index is 0. The molecule has 0 unspecified atom stereocenters. The number of aromatic nitrogens is 4. The van der Waals surface area contributed by atoms with Crippen molar-refractivity contribution in [3.8, 4) is 22.6 Å². The van der Waals surface area contributed by atoms with Crippen LogP contribution in [-0.4, -0.2) is 25.2 Å². The van der Waals surface area contributed by atoms with Gasteiger partial charge in [-0.1, -0.05) is 108 Å². The van der Waals surface area contributed by atoms with Gasteiger partial charge in [0.05, 0.1) is 33.5 Å². The van der Waals surface area contributed by atoms with Crippen molar-refractivity contribution < 1.29 is 44.4 Å². The predicted molar refractivity (Wildman–Crippen MR) is 220 cm³/mol. The Morgan fingerprint density at radius 1 is 0.491 bits per heavy atom. The number of nitrogens with zero attached hydrogens (tertiary/aromatic N) is 4. The predicted octanol–water partition coefficient (Wildman–Crippen LogP) is 11.6. The zero-order valence-electron chi connectivity index (χ0n) is 31.4. The topological polar surface area (TPSA) is 93.2 Å². The molecule has 8 aromatic rings. The van der Waals surface area contributed by atoms with E-state index >= 15 is 0 Å². The maximum absolute atomic E-state index is 12.1. The van der Waals surface area contributed by atoms with Crippen molar-refractivity contribution in [3.63, 3.8) is 0 Å². The van der Waals surface area contributed by atoms with Gasteiger partial charge in [0.2, 0.25) is 0 Å². The summed E-state index contributed by atoms with van der Waals surface area (Å²) in [7, 11) is 0. The summed E-state index contributed by atoms with van der Waals surface area (Å²) in [5.74, 6) is 0.235. The molecule has 12 bridgehead atoms. The van der Waals surface area contributed by atoms with Gasteiger partial charge in [0.1, 0.15) is 11.5 Å². The molecule has 4 aromatic heterocycles. The molecule has 8 heteroatoms. The average molecular weight is 802 g/mol. The van der Waals surface area contributed by atoms with Gasteiger partial charge in [-0.2, -0.15) is 0 Å². The maximum Gasteiger partial charge on any atom is 0.134 e. The van der Waals surface area contributed by atoms with Crippen molar-refractivity contribution in [2.24, 2.45) is 0 Å². The van der Waals surface area contributed by atoms with E-state index in [-0.39, 0.29) is 56.5 Å². The van der Waals surface area contributed by atoms with Crippen molar-refractivity contribution in [2.75, 3.05) is 0 Å². The Morgan fingerprint density at radius 2 is 0.964 bits per heavy atom. The molecular weight excluding hydrogens is 762 g/mol. The van der Waals surface area contributed by atoms with Crippen LogP contribution in [-0.2, 0) is 45.0 Å². The Labute approximate surface area is 340 Å². The average Bonchev–Trinajstić information content (AvgIpc) is 3.82. The van der Waals surface area contributed by atoms with E-state index in [1.807, 2.05) is 103 Å². The SMILES string of the molecule is CC(C)(C)c1cc2c3nc(c(-c4ccccc4)c4ccc([n-]4)c4cc(C(C)(C)C)cc(c4O)c4ccc5ccc6ccc(nc6c5n4)c(c1)c2O)C=C3.[Mn].[Mn]. The molecule has 55 heavy (non-hydrogen) atoms. The summed E-state index contributed by atoms with van der Waals surface area (Å²) in [4.78, 5) is 20.8. The van der Waals surface area contributed by atoms with Gasteiger partial charge in [0, 0.05) is 66.5 Å². The van der Waals surface area contributed by atoms with Gasteiger partial charge in [0.15, 0.2) is 0 Å². The van der Waals surface area contributed by atoms with E-state index in [9.17, 15) is 10.2 Å². The van der Waals surface area contributed by atoms with Gasteiger partial charge in [0.25, 0.3) is 0 Å². The van der Waals surface area contributed by atoms with E-state index in [2.05, 4.69) is 53.7 Å². The fourth-order valence-corrected chi connectivity index (χ4v) is 7.32. The third kappa shape index (κ3) is 6.53. The molecule has 1 aliphatic rings. The second kappa shape index (κ2) is 13.8. The zero-order valence-corrected chi connectivity index (χ0v) is 33.8. The van der Waals surface area contributed by atoms with Crippen molar-refractivity contribution >= 4 is 77.6 Å². The number of benzene rings is 4. The summed E-state index contributed by atoms with van der Waals surface area (Å²) in [5.41, 5.74) is 8.95. The van der Waals surface area contributed by atoms with Crippen molar-refractivity contribution in [3.05, 3.63) is 126 Å². The Morgan fingerprint density at radius 3 is 1.53 bits per heavy atom. The van der Waals surface area contributed by atoms with Crippen molar-refractivity contribution in [1.29, 1.82) is 0 Å². The van der Waals surface area contributed by atoms with E-state index in [1.54, 1.807) is 0 Å². The van der Waals surface area contributed by atoms with Crippen LogP contribution in [0, 0.1) is 0 Å². The molecule has 0 fully saturated rings. The molecule has 9 rings (SSSR count). The molecule has 2 radical (unpaired) electrons. The fourth-order valence-electron chi connectivity index (χ4n) is 7.32. The van der Waals surface area contributed by atoms with Gasteiger partial charge < -0.3 is 15.2 Å². The molecule has 0 spiro atoms. The fraction of sp³-hybridized carbons (Fsp3) is 0.170. The zero-order chi connectivity index (χ0) is 36.8. The van der Waals surface area contributed by atoms with Gasteiger partial charge in [-0.15, -0.1) is 11.0 Å². The summed E-state index contributed by atoms with van der Waals surface area (Å²) in [6.45, 7) is 13.0. The standard InChI is InChI=1S/C47H39N4O2.2Mn/c1-46(2,3)29-22-31-35-18-20-39(48-35)41(26-10-8-7-9-11-26)40-21-19-36(49-40)32-23-30(47(4,5)6)25-34(45(32)53)38-17-15-28-13-12-27-14-16-37(33(24-29)44(31)52)50-42(27)43(28)51-38;;/h7-25H,1-6H3,(H2-,48,49,50,51,52,53);;/q-1;;. The molecule has 0 atom stereocenters. The first-order chi connectivity index (χ1) is 25.3. The van der Waals surface area contributed by atoms with E-state index < -0.39 is 0 Å². The Kier molecular flexibility index (Phi) is 9.56. The van der Waals surface area contributed by atoms with Gasteiger partial charge in [-0.05, 0) is 81.6 Å². The van der Waals surface area contributed by atoms with Crippen LogP contribution in [0.25, 0.3) is 88.7 Å². The monoisotopic (exact) mass is 801 g/mol. The quantitative estimate of drug-likeness (QED) is 0.127. The number of rotatable bonds is 1. The largest absolute Gasteiger partial charge is 0.657 e. The minimum atomic E-state index is -0.222. The van der Waals surface area contributed by atoms with E-state index in [1.165, 1.54) is 0 Å². The molecule has 2 N–H and O–H groups in total. The van der Waals surface area contributed by atoms with Crippen LogP contribution in [0.15, 0.2) is 103 Å². The summed E-state index contributed by atoms with van der Waals surface area (Å²) < 4.78 is 0. The maximum atomic E-state index is 12.1. The number of phenols is 2. The molecule has 0 saturated carbocycles. The third-order valence-corrected chi connectivity index (χ3v) is 10.4. The number of aromatic hydroxyl groups is 2. The van der Waals surface area contributed by atoms with Crippen LogP contribution in [0.4, 0.5) is 0 Å². The summed E-state index contributed by atoms with van der Waals surface area (Å²) in [6.07, 6.45) is 3.95. The van der Waals surface area contributed by atoms with Crippen molar-refractivity contribution in [2.45, 2.75) is 52.4 Å². The molecule has 0 amide bonds. The number of hydrogen-bond donors (Lipinski definition) is 2. The second-order valence-electron chi connectivity index (χ2n) is 16.1. The summed E-state index contributed by atoms with van der Waals surface area (Å²) >= 11 is 0. The second-order valence-corrected chi connectivity index (χ2v) is 16.1.